The van der Waals surface area contributed by atoms with Crippen LogP contribution in [0.15, 0.2) is 23.2 Å². The van der Waals surface area contributed by atoms with Crippen LogP contribution in [0, 0.1) is 0 Å². The van der Waals surface area contributed by atoms with Gasteiger partial charge in [0.25, 0.3) is 0 Å². The third-order valence-corrected chi connectivity index (χ3v) is 4.99. The minimum atomic E-state index is -0.246. The Hall–Kier alpha value is -1.44. The summed E-state index contributed by atoms with van der Waals surface area (Å²) in [7, 11) is 0. The Balaban J connectivity index is 1.66. The maximum absolute atomic E-state index is 10.7. The summed E-state index contributed by atoms with van der Waals surface area (Å²) in [6, 6.07) is 7.53. The van der Waals surface area contributed by atoms with E-state index in [1.165, 1.54) is 29.5 Å². The largest absolute Gasteiger partial charge is 0.292 e. The first kappa shape index (κ1) is 11.4. The van der Waals surface area contributed by atoms with Gasteiger partial charge in [-0.2, -0.15) is 4.99 Å². The van der Waals surface area contributed by atoms with Crippen LogP contribution in [0.25, 0.3) is 0 Å². The lowest BCUT2D eigenvalue weighted by molar-refractivity contribution is 0.255. The lowest BCUT2D eigenvalue weighted by atomic mass is 9.72. The number of carbonyl (C=O) groups excluding carboxylic acids is 1. The molecule has 3 nitrogen and oxygen atoms in total. The lowest BCUT2D eigenvalue weighted by Crippen LogP contribution is -2.31. The predicted octanol–water partition coefficient (Wildman–Crippen LogP) is 2.88. The summed E-state index contributed by atoms with van der Waals surface area (Å²) in [5.41, 5.74) is 3.87. The second kappa shape index (κ2) is 4.03. The average Bonchev–Trinajstić information content (AvgIpc) is 3.13. The van der Waals surface area contributed by atoms with Gasteiger partial charge in [-0.05, 0) is 48.8 Å². The Labute approximate surface area is 113 Å². The number of isocyanates is 1. The Morgan fingerprint density at radius 2 is 2.00 bits per heavy atom. The molecule has 2 saturated carbocycles. The van der Waals surface area contributed by atoms with Gasteiger partial charge in [-0.3, -0.25) is 4.90 Å². The van der Waals surface area contributed by atoms with Gasteiger partial charge in [0.2, 0.25) is 6.08 Å². The molecule has 19 heavy (non-hydrogen) atoms. The molecule has 0 bridgehead atoms. The number of fused-ring (bicyclic) bond motifs is 1. The van der Waals surface area contributed by atoms with Crippen molar-refractivity contribution in [1.82, 2.24) is 4.90 Å². The van der Waals surface area contributed by atoms with Crippen molar-refractivity contribution in [3.8, 4) is 0 Å². The first-order chi connectivity index (χ1) is 9.31. The second-order valence-electron chi connectivity index (χ2n) is 6.21. The topological polar surface area (TPSA) is 32.7 Å². The van der Waals surface area contributed by atoms with Crippen LogP contribution in [0.4, 0.5) is 0 Å². The molecule has 0 N–H and O–H groups in total. The third kappa shape index (κ3) is 1.77. The molecular formula is C16H18N2O. The summed E-state index contributed by atoms with van der Waals surface area (Å²) in [6.45, 7) is 2.18. The highest BCUT2D eigenvalue weighted by atomic mass is 16.1. The molecule has 3 aliphatic rings. The Morgan fingerprint density at radius 1 is 1.21 bits per heavy atom. The Morgan fingerprint density at radius 3 is 2.63 bits per heavy atom. The highest BCUT2D eigenvalue weighted by Gasteiger charge is 2.40. The number of nitrogens with zero attached hydrogens (tertiary/aromatic N) is 2. The van der Waals surface area contributed by atoms with Gasteiger partial charge in [-0.25, -0.2) is 4.79 Å². The van der Waals surface area contributed by atoms with Crippen LogP contribution in [0.1, 0.15) is 48.8 Å². The standard InChI is InChI=1S/C16H18N2O/c19-11-17-16(6-1-7-16)14-3-2-12-9-18(15-4-5-15)10-13(12)8-14/h2-3,8,15H,1,4-7,9-10H2. The molecule has 2 aliphatic carbocycles. The summed E-state index contributed by atoms with van der Waals surface area (Å²) in [6.07, 6.45) is 7.65. The SMILES string of the molecule is O=C=NC1(c2ccc3c(c2)CN(C2CC2)C3)CCC1. The van der Waals surface area contributed by atoms with Crippen LogP contribution in [0.3, 0.4) is 0 Å². The van der Waals surface area contributed by atoms with Crippen LogP contribution < -0.4 is 0 Å². The van der Waals surface area contributed by atoms with E-state index in [0.29, 0.717) is 0 Å². The normalized spacial score (nSPS) is 24.4. The van der Waals surface area contributed by atoms with E-state index in [-0.39, 0.29) is 5.54 Å². The molecular weight excluding hydrogens is 236 g/mol. The third-order valence-electron chi connectivity index (χ3n) is 4.99. The smallest absolute Gasteiger partial charge is 0.235 e. The van der Waals surface area contributed by atoms with Crippen molar-refractivity contribution in [3.63, 3.8) is 0 Å². The quantitative estimate of drug-likeness (QED) is 0.613. The number of hydrogen-bond donors (Lipinski definition) is 0. The monoisotopic (exact) mass is 254 g/mol. The van der Waals surface area contributed by atoms with Crippen molar-refractivity contribution in [2.75, 3.05) is 0 Å². The summed E-state index contributed by atoms with van der Waals surface area (Å²) >= 11 is 0. The van der Waals surface area contributed by atoms with E-state index in [1.54, 1.807) is 6.08 Å². The summed E-state index contributed by atoms with van der Waals surface area (Å²) in [4.78, 5) is 17.3. The van der Waals surface area contributed by atoms with E-state index >= 15 is 0 Å². The second-order valence-corrected chi connectivity index (χ2v) is 6.21. The van der Waals surface area contributed by atoms with Crippen molar-refractivity contribution in [2.45, 2.75) is 56.8 Å². The summed E-state index contributed by atoms with van der Waals surface area (Å²) in [5.74, 6) is 0. The zero-order valence-electron chi connectivity index (χ0n) is 11.1. The fourth-order valence-corrected chi connectivity index (χ4v) is 3.47. The molecule has 0 atom stereocenters. The van der Waals surface area contributed by atoms with Gasteiger partial charge in [-0.15, -0.1) is 0 Å². The lowest BCUT2D eigenvalue weighted by Gasteiger charge is -2.37. The molecule has 3 heteroatoms. The van der Waals surface area contributed by atoms with E-state index in [0.717, 1.165) is 38.4 Å². The van der Waals surface area contributed by atoms with Crippen molar-refractivity contribution < 1.29 is 4.79 Å². The summed E-state index contributed by atoms with van der Waals surface area (Å²) < 4.78 is 0. The maximum Gasteiger partial charge on any atom is 0.235 e. The van der Waals surface area contributed by atoms with Crippen LogP contribution in [0.2, 0.25) is 0 Å². The van der Waals surface area contributed by atoms with Crippen molar-refractivity contribution in [2.24, 2.45) is 4.99 Å². The van der Waals surface area contributed by atoms with Gasteiger partial charge in [0.1, 0.15) is 0 Å². The molecule has 4 rings (SSSR count). The van der Waals surface area contributed by atoms with Gasteiger partial charge >= 0.3 is 0 Å². The molecule has 1 aromatic carbocycles. The van der Waals surface area contributed by atoms with Crippen LogP contribution in [0.5, 0.6) is 0 Å². The predicted molar refractivity (Wildman–Crippen MR) is 72.4 cm³/mol. The van der Waals surface area contributed by atoms with Crippen molar-refractivity contribution in [1.29, 1.82) is 0 Å². The fourth-order valence-electron chi connectivity index (χ4n) is 3.47. The van der Waals surface area contributed by atoms with E-state index in [1.807, 2.05) is 0 Å². The molecule has 98 valence electrons. The highest BCUT2D eigenvalue weighted by Crippen LogP contribution is 2.46. The minimum absolute atomic E-state index is 0.246. The van der Waals surface area contributed by atoms with E-state index in [4.69, 9.17) is 0 Å². The molecule has 2 fully saturated rings. The molecule has 1 aromatic rings. The first-order valence-electron chi connectivity index (χ1n) is 7.26. The van der Waals surface area contributed by atoms with Crippen LogP contribution in [-0.4, -0.2) is 17.0 Å². The van der Waals surface area contributed by atoms with Gasteiger partial charge in [0.15, 0.2) is 0 Å². The van der Waals surface area contributed by atoms with Crippen LogP contribution in [-0.2, 0) is 23.4 Å². The van der Waals surface area contributed by atoms with Crippen LogP contribution >= 0.6 is 0 Å². The highest BCUT2D eigenvalue weighted by molar-refractivity contribution is 5.43. The molecule has 0 amide bonds. The number of rotatable bonds is 3. The molecule has 1 aliphatic heterocycles. The molecule has 0 spiro atoms. The minimum Gasteiger partial charge on any atom is -0.292 e. The van der Waals surface area contributed by atoms with Gasteiger partial charge in [-0.1, -0.05) is 18.2 Å². The van der Waals surface area contributed by atoms with Crippen molar-refractivity contribution in [3.05, 3.63) is 34.9 Å². The fraction of sp³-hybridized carbons (Fsp3) is 0.562. The molecule has 1 heterocycles. The summed E-state index contributed by atoms with van der Waals surface area (Å²) in [5, 5.41) is 0. The molecule has 0 unspecified atom stereocenters. The zero-order valence-corrected chi connectivity index (χ0v) is 11.1. The zero-order chi connectivity index (χ0) is 12.9. The van der Waals surface area contributed by atoms with Gasteiger partial charge < -0.3 is 0 Å². The molecule has 0 aromatic heterocycles. The van der Waals surface area contributed by atoms with Crippen molar-refractivity contribution >= 4 is 6.08 Å². The number of aliphatic imine (C=N–C) groups is 1. The van der Waals surface area contributed by atoms with E-state index in [9.17, 15) is 4.79 Å². The average molecular weight is 254 g/mol. The van der Waals surface area contributed by atoms with E-state index in [2.05, 4.69) is 28.1 Å². The molecule has 0 saturated heterocycles. The Kier molecular flexibility index (Phi) is 2.41. The Bertz CT molecular complexity index is 566. The maximum atomic E-state index is 10.7. The first-order valence-corrected chi connectivity index (χ1v) is 7.26. The molecule has 0 radical (unpaired) electrons. The van der Waals surface area contributed by atoms with Gasteiger partial charge in [0, 0.05) is 19.1 Å². The number of hydrogen-bond acceptors (Lipinski definition) is 3. The number of benzene rings is 1. The van der Waals surface area contributed by atoms with E-state index < -0.39 is 0 Å². The van der Waals surface area contributed by atoms with Gasteiger partial charge in [0.05, 0.1) is 5.54 Å².